The number of halogens is 1. The van der Waals surface area contributed by atoms with Crippen molar-refractivity contribution in [2.24, 2.45) is 0 Å². The van der Waals surface area contributed by atoms with Crippen molar-refractivity contribution in [2.75, 3.05) is 13.1 Å². The number of nitrogens with zero attached hydrogens (tertiary/aromatic N) is 3. The maximum absolute atomic E-state index is 13.6. The number of amides is 1. The van der Waals surface area contributed by atoms with Gasteiger partial charge in [0.1, 0.15) is 18.2 Å². The minimum atomic E-state index is -0.331. The highest BCUT2D eigenvalue weighted by Crippen LogP contribution is 2.18. The Labute approximate surface area is 134 Å². The molecular formula is C17H18FN3O2. The van der Waals surface area contributed by atoms with Crippen LogP contribution in [0.5, 0.6) is 5.88 Å². The van der Waals surface area contributed by atoms with Gasteiger partial charge in [-0.15, -0.1) is 0 Å². The summed E-state index contributed by atoms with van der Waals surface area (Å²) in [5.74, 6) is 0.176. The van der Waals surface area contributed by atoms with E-state index in [4.69, 9.17) is 4.74 Å². The fourth-order valence-electron chi connectivity index (χ4n) is 2.66. The smallest absolute Gasteiger partial charge is 0.227 e. The van der Waals surface area contributed by atoms with Crippen molar-refractivity contribution < 1.29 is 13.9 Å². The summed E-state index contributed by atoms with van der Waals surface area (Å²) in [6, 6.07) is 8.12. The van der Waals surface area contributed by atoms with Gasteiger partial charge in [0.15, 0.2) is 0 Å². The topological polar surface area (TPSA) is 55.3 Å². The molecule has 120 valence electrons. The number of piperidine rings is 1. The fraction of sp³-hybridized carbons (Fsp3) is 0.353. The summed E-state index contributed by atoms with van der Waals surface area (Å²) in [5, 5.41) is 0. The minimum Gasteiger partial charge on any atom is -0.474 e. The molecule has 1 saturated heterocycles. The second-order valence-electron chi connectivity index (χ2n) is 5.51. The quantitative estimate of drug-likeness (QED) is 0.868. The van der Waals surface area contributed by atoms with Gasteiger partial charge in [-0.2, -0.15) is 0 Å². The first-order chi connectivity index (χ1) is 11.2. The molecule has 1 aromatic heterocycles. The zero-order valence-corrected chi connectivity index (χ0v) is 12.7. The molecule has 2 aromatic rings. The molecule has 0 spiro atoms. The normalized spacial score (nSPS) is 15.4. The van der Waals surface area contributed by atoms with Crippen LogP contribution in [-0.2, 0) is 11.2 Å². The van der Waals surface area contributed by atoms with Crippen LogP contribution in [0.1, 0.15) is 18.4 Å². The van der Waals surface area contributed by atoms with Gasteiger partial charge < -0.3 is 9.64 Å². The number of carbonyl (C=O) groups excluding carboxylic acids is 1. The molecule has 0 unspecified atom stereocenters. The Balaban J connectivity index is 1.50. The van der Waals surface area contributed by atoms with E-state index >= 15 is 0 Å². The molecule has 1 aliphatic rings. The largest absolute Gasteiger partial charge is 0.474 e. The van der Waals surface area contributed by atoms with Gasteiger partial charge in [0.25, 0.3) is 0 Å². The van der Waals surface area contributed by atoms with E-state index in [-0.39, 0.29) is 24.2 Å². The van der Waals surface area contributed by atoms with Gasteiger partial charge in [-0.25, -0.2) is 14.4 Å². The van der Waals surface area contributed by atoms with Crippen LogP contribution in [0.2, 0.25) is 0 Å². The number of hydrogen-bond acceptors (Lipinski definition) is 4. The molecule has 0 atom stereocenters. The lowest BCUT2D eigenvalue weighted by atomic mass is 10.1. The van der Waals surface area contributed by atoms with Gasteiger partial charge in [-0.1, -0.05) is 18.2 Å². The van der Waals surface area contributed by atoms with Crippen LogP contribution in [0.4, 0.5) is 4.39 Å². The minimum absolute atomic E-state index is 0.0439. The summed E-state index contributed by atoms with van der Waals surface area (Å²) in [5.41, 5.74) is 0.442. The van der Waals surface area contributed by atoms with E-state index < -0.39 is 0 Å². The van der Waals surface area contributed by atoms with Crippen LogP contribution in [0, 0.1) is 5.82 Å². The van der Waals surface area contributed by atoms with Gasteiger partial charge in [0, 0.05) is 38.2 Å². The number of carbonyl (C=O) groups is 1. The molecule has 0 aliphatic carbocycles. The number of aromatic nitrogens is 2. The Morgan fingerprint density at radius 3 is 2.74 bits per heavy atom. The van der Waals surface area contributed by atoms with Crippen molar-refractivity contribution >= 4 is 5.91 Å². The molecular weight excluding hydrogens is 297 g/mol. The van der Waals surface area contributed by atoms with E-state index in [9.17, 15) is 9.18 Å². The van der Waals surface area contributed by atoms with E-state index in [2.05, 4.69) is 9.97 Å². The first kappa shape index (κ1) is 15.4. The lowest BCUT2D eigenvalue weighted by molar-refractivity contribution is -0.132. The number of hydrogen-bond donors (Lipinski definition) is 0. The third-order valence-electron chi connectivity index (χ3n) is 3.94. The van der Waals surface area contributed by atoms with Gasteiger partial charge in [-0.05, 0) is 11.6 Å². The number of benzene rings is 1. The molecule has 1 fully saturated rings. The van der Waals surface area contributed by atoms with Gasteiger partial charge >= 0.3 is 0 Å². The third kappa shape index (κ3) is 4.03. The van der Waals surface area contributed by atoms with Crippen LogP contribution < -0.4 is 4.74 Å². The molecule has 3 rings (SSSR count). The van der Waals surface area contributed by atoms with Crippen molar-refractivity contribution in [3.63, 3.8) is 0 Å². The molecule has 5 nitrogen and oxygen atoms in total. The number of ether oxygens (including phenoxy) is 1. The Bertz CT molecular complexity index is 658. The molecule has 1 aliphatic heterocycles. The second kappa shape index (κ2) is 7.17. The Morgan fingerprint density at radius 2 is 2.04 bits per heavy atom. The van der Waals surface area contributed by atoms with E-state index in [1.165, 1.54) is 12.4 Å². The molecule has 0 radical (unpaired) electrons. The summed E-state index contributed by atoms with van der Waals surface area (Å²) in [7, 11) is 0. The zero-order valence-electron chi connectivity index (χ0n) is 12.7. The highest BCUT2D eigenvalue weighted by atomic mass is 19.1. The third-order valence-corrected chi connectivity index (χ3v) is 3.94. The summed E-state index contributed by atoms with van der Waals surface area (Å²) in [6.45, 7) is 1.23. The Morgan fingerprint density at radius 1 is 1.26 bits per heavy atom. The van der Waals surface area contributed by atoms with Crippen molar-refractivity contribution in [3.05, 3.63) is 54.2 Å². The van der Waals surface area contributed by atoms with E-state index in [0.29, 0.717) is 24.5 Å². The predicted molar refractivity (Wildman–Crippen MR) is 82.4 cm³/mol. The average Bonchev–Trinajstić information content (AvgIpc) is 2.58. The maximum Gasteiger partial charge on any atom is 0.227 e. The van der Waals surface area contributed by atoms with Crippen molar-refractivity contribution in [2.45, 2.75) is 25.4 Å². The highest BCUT2D eigenvalue weighted by molar-refractivity contribution is 5.78. The van der Waals surface area contributed by atoms with Crippen molar-refractivity contribution in [1.29, 1.82) is 0 Å². The Kier molecular flexibility index (Phi) is 4.80. The lowest BCUT2D eigenvalue weighted by Crippen LogP contribution is -2.42. The van der Waals surface area contributed by atoms with E-state index in [1.807, 2.05) is 0 Å². The molecule has 0 N–H and O–H groups in total. The monoisotopic (exact) mass is 315 g/mol. The maximum atomic E-state index is 13.6. The van der Waals surface area contributed by atoms with E-state index in [0.717, 1.165) is 12.8 Å². The molecule has 2 heterocycles. The number of likely N-dealkylation sites (tertiary alicyclic amines) is 1. The highest BCUT2D eigenvalue weighted by Gasteiger charge is 2.24. The molecule has 1 amide bonds. The average molecular weight is 315 g/mol. The molecule has 23 heavy (non-hydrogen) atoms. The second-order valence-corrected chi connectivity index (χ2v) is 5.51. The standard InChI is InChI=1S/C17H18FN3O2/c18-15-4-2-1-3-13(15)11-17(22)21-9-6-14(7-10-21)23-16-5-8-19-12-20-16/h1-5,8,12,14H,6-7,9-11H2. The van der Waals surface area contributed by atoms with Gasteiger partial charge in [-0.3, -0.25) is 4.79 Å². The Hall–Kier alpha value is -2.50. The molecule has 6 heteroatoms. The SMILES string of the molecule is O=C(Cc1ccccc1F)N1CCC(Oc2ccncn2)CC1. The summed E-state index contributed by atoms with van der Waals surface area (Å²) >= 11 is 0. The first-order valence-corrected chi connectivity index (χ1v) is 7.66. The summed E-state index contributed by atoms with van der Waals surface area (Å²) in [4.78, 5) is 21.9. The first-order valence-electron chi connectivity index (χ1n) is 7.66. The van der Waals surface area contributed by atoms with Gasteiger partial charge in [0.05, 0.1) is 6.42 Å². The summed E-state index contributed by atoms with van der Waals surface area (Å²) < 4.78 is 19.4. The zero-order chi connectivity index (χ0) is 16.1. The van der Waals surface area contributed by atoms with Gasteiger partial charge in [0.2, 0.25) is 11.8 Å². The van der Waals surface area contributed by atoms with Crippen LogP contribution in [0.3, 0.4) is 0 Å². The van der Waals surface area contributed by atoms with Crippen LogP contribution in [0.25, 0.3) is 0 Å². The van der Waals surface area contributed by atoms with Crippen LogP contribution in [-0.4, -0.2) is 40.0 Å². The van der Waals surface area contributed by atoms with Crippen LogP contribution >= 0.6 is 0 Å². The van der Waals surface area contributed by atoms with Crippen molar-refractivity contribution in [3.8, 4) is 5.88 Å². The molecule has 0 saturated carbocycles. The number of rotatable bonds is 4. The van der Waals surface area contributed by atoms with Crippen molar-refractivity contribution in [1.82, 2.24) is 14.9 Å². The van der Waals surface area contributed by atoms with Crippen LogP contribution in [0.15, 0.2) is 42.9 Å². The molecule has 1 aromatic carbocycles. The fourth-order valence-corrected chi connectivity index (χ4v) is 2.66. The lowest BCUT2D eigenvalue weighted by Gasteiger charge is -2.32. The van der Waals surface area contributed by atoms with E-state index in [1.54, 1.807) is 35.4 Å². The predicted octanol–water partition coefficient (Wildman–Crippen LogP) is 2.23. The summed E-state index contributed by atoms with van der Waals surface area (Å²) in [6.07, 6.45) is 4.71. The molecule has 0 bridgehead atoms.